The lowest BCUT2D eigenvalue weighted by molar-refractivity contribution is -0.116. The fraction of sp³-hybridized carbons (Fsp3) is 0.250. The van der Waals surface area contributed by atoms with E-state index in [1.54, 1.807) is 12.4 Å². The molecule has 1 aliphatic rings. The molecule has 2 aromatic rings. The number of rotatable bonds is 1. The van der Waals surface area contributed by atoms with Gasteiger partial charge in [-0.05, 0) is 54.3 Å². The van der Waals surface area contributed by atoms with Crippen molar-refractivity contribution in [1.29, 1.82) is 0 Å². The van der Waals surface area contributed by atoms with Gasteiger partial charge in [-0.2, -0.15) is 0 Å². The Bertz CT molecular complexity index is 635. The van der Waals surface area contributed by atoms with Crippen LogP contribution >= 0.6 is 0 Å². The van der Waals surface area contributed by atoms with Gasteiger partial charge in [0.2, 0.25) is 5.91 Å². The number of amides is 1. The van der Waals surface area contributed by atoms with Crippen LogP contribution in [0.25, 0.3) is 0 Å². The van der Waals surface area contributed by atoms with Gasteiger partial charge in [-0.1, -0.05) is 6.07 Å². The van der Waals surface area contributed by atoms with Crippen LogP contribution in [0, 0.1) is 13.8 Å². The van der Waals surface area contributed by atoms with E-state index in [0.29, 0.717) is 6.42 Å². The standard InChI is InChI=1S/C16H16N2O/c1-10-7-14-13(12-3-5-17-6-4-12)9-16(19)18-15(14)8-11(10)2/h3-8,13H,9H2,1-2H3,(H,18,19). The molecule has 2 heterocycles. The van der Waals surface area contributed by atoms with Gasteiger partial charge in [0.15, 0.2) is 0 Å². The van der Waals surface area contributed by atoms with Crippen molar-refractivity contribution in [3.8, 4) is 0 Å². The van der Waals surface area contributed by atoms with Crippen LogP contribution in [0.2, 0.25) is 0 Å². The lowest BCUT2D eigenvalue weighted by Gasteiger charge is -2.27. The highest BCUT2D eigenvalue weighted by molar-refractivity contribution is 5.95. The van der Waals surface area contributed by atoms with E-state index in [4.69, 9.17) is 0 Å². The van der Waals surface area contributed by atoms with Gasteiger partial charge >= 0.3 is 0 Å². The van der Waals surface area contributed by atoms with Crippen LogP contribution < -0.4 is 5.32 Å². The maximum Gasteiger partial charge on any atom is 0.225 e. The van der Waals surface area contributed by atoms with Gasteiger partial charge in [-0.3, -0.25) is 9.78 Å². The Labute approximate surface area is 112 Å². The first-order chi connectivity index (χ1) is 9.15. The van der Waals surface area contributed by atoms with Crippen molar-refractivity contribution in [2.45, 2.75) is 26.2 Å². The van der Waals surface area contributed by atoms with Crippen LogP contribution in [0.1, 0.15) is 34.6 Å². The number of nitrogens with zero attached hydrogens (tertiary/aromatic N) is 1. The number of aryl methyl sites for hydroxylation is 2. The molecule has 0 aliphatic carbocycles. The summed E-state index contributed by atoms with van der Waals surface area (Å²) in [5.41, 5.74) is 5.76. The summed E-state index contributed by atoms with van der Waals surface area (Å²) in [7, 11) is 0. The van der Waals surface area contributed by atoms with Crippen LogP contribution in [0.4, 0.5) is 5.69 Å². The topological polar surface area (TPSA) is 42.0 Å². The molecule has 3 rings (SSSR count). The molecule has 0 spiro atoms. The molecule has 1 amide bonds. The van der Waals surface area contributed by atoms with Crippen molar-refractivity contribution in [2.24, 2.45) is 0 Å². The Morgan fingerprint density at radius 2 is 1.84 bits per heavy atom. The van der Waals surface area contributed by atoms with E-state index >= 15 is 0 Å². The summed E-state index contributed by atoms with van der Waals surface area (Å²) in [6.07, 6.45) is 4.06. The molecule has 3 heteroatoms. The molecule has 1 aromatic carbocycles. The van der Waals surface area contributed by atoms with Gasteiger partial charge in [0.25, 0.3) is 0 Å². The van der Waals surface area contributed by atoms with E-state index in [-0.39, 0.29) is 11.8 Å². The lowest BCUT2D eigenvalue weighted by atomic mass is 9.84. The zero-order valence-electron chi connectivity index (χ0n) is 11.1. The third-order valence-electron chi connectivity index (χ3n) is 3.81. The second-order valence-electron chi connectivity index (χ2n) is 5.11. The monoisotopic (exact) mass is 252 g/mol. The summed E-state index contributed by atoms with van der Waals surface area (Å²) in [5.74, 6) is 0.212. The second kappa shape index (κ2) is 4.50. The minimum absolute atomic E-state index is 0.0811. The van der Waals surface area contributed by atoms with Crippen molar-refractivity contribution >= 4 is 11.6 Å². The summed E-state index contributed by atoms with van der Waals surface area (Å²) in [5, 5.41) is 2.97. The predicted octanol–water partition coefficient (Wildman–Crippen LogP) is 3.17. The zero-order valence-corrected chi connectivity index (χ0v) is 11.1. The van der Waals surface area contributed by atoms with E-state index in [9.17, 15) is 4.79 Å². The summed E-state index contributed by atoms with van der Waals surface area (Å²) >= 11 is 0. The average Bonchev–Trinajstić information content (AvgIpc) is 2.41. The van der Waals surface area contributed by atoms with E-state index in [2.05, 4.69) is 36.3 Å². The third-order valence-corrected chi connectivity index (χ3v) is 3.81. The number of benzene rings is 1. The normalized spacial score (nSPS) is 17.8. The van der Waals surface area contributed by atoms with Crippen LogP contribution in [0.15, 0.2) is 36.7 Å². The molecule has 0 bridgehead atoms. The van der Waals surface area contributed by atoms with Crippen molar-refractivity contribution in [1.82, 2.24) is 4.98 Å². The van der Waals surface area contributed by atoms with Crippen LogP contribution in [-0.4, -0.2) is 10.9 Å². The fourth-order valence-corrected chi connectivity index (χ4v) is 2.62. The summed E-state index contributed by atoms with van der Waals surface area (Å²) in [4.78, 5) is 15.9. The molecule has 1 N–H and O–H groups in total. The number of nitrogens with one attached hydrogen (secondary N) is 1. The number of fused-ring (bicyclic) bond motifs is 1. The number of pyridine rings is 1. The highest BCUT2D eigenvalue weighted by Gasteiger charge is 2.26. The number of hydrogen-bond donors (Lipinski definition) is 1. The van der Waals surface area contributed by atoms with Gasteiger partial charge in [-0.25, -0.2) is 0 Å². The van der Waals surface area contributed by atoms with Gasteiger partial charge in [0, 0.05) is 30.4 Å². The lowest BCUT2D eigenvalue weighted by Crippen LogP contribution is -2.23. The molecule has 1 unspecified atom stereocenters. The van der Waals surface area contributed by atoms with Crippen molar-refractivity contribution < 1.29 is 4.79 Å². The smallest absolute Gasteiger partial charge is 0.225 e. The molecular formula is C16H16N2O. The maximum atomic E-state index is 11.9. The average molecular weight is 252 g/mol. The maximum absolute atomic E-state index is 11.9. The number of anilines is 1. The molecule has 0 saturated heterocycles. The molecule has 0 radical (unpaired) electrons. The largest absolute Gasteiger partial charge is 0.326 e. The molecule has 3 nitrogen and oxygen atoms in total. The summed E-state index contributed by atoms with van der Waals surface area (Å²) in [6.45, 7) is 4.17. The molecule has 1 aromatic heterocycles. The number of aromatic nitrogens is 1. The quantitative estimate of drug-likeness (QED) is 0.847. The highest BCUT2D eigenvalue weighted by Crippen LogP contribution is 2.38. The fourth-order valence-electron chi connectivity index (χ4n) is 2.62. The molecule has 0 saturated carbocycles. The third kappa shape index (κ3) is 2.12. The summed E-state index contributed by atoms with van der Waals surface area (Å²) in [6, 6.07) is 8.23. The molecule has 19 heavy (non-hydrogen) atoms. The minimum Gasteiger partial charge on any atom is -0.326 e. The first kappa shape index (κ1) is 11.9. The SMILES string of the molecule is Cc1cc2c(cc1C)C(c1ccncc1)CC(=O)N2. The number of hydrogen-bond acceptors (Lipinski definition) is 2. The first-order valence-electron chi connectivity index (χ1n) is 6.46. The van der Waals surface area contributed by atoms with Crippen LogP contribution in [0.3, 0.4) is 0 Å². The number of carbonyl (C=O) groups is 1. The molecule has 96 valence electrons. The Morgan fingerprint density at radius 3 is 2.58 bits per heavy atom. The van der Waals surface area contributed by atoms with Crippen molar-refractivity contribution in [2.75, 3.05) is 5.32 Å². The van der Waals surface area contributed by atoms with Crippen molar-refractivity contribution in [3.63, 3.8) is 0 Å². The summed E-state index contributed by atoms with van der Waals surface area (Å²) < 4.78 is 0. The predicted molar refractivity (Wildman–Crippen MR) is 75.2 cm³/mol. The van der Waals surface area contributed by atoms with Gasteiger partial charge in [0.05, 0.1) is 0 Å². The molecule has 1 aliphatic heterocycles. The van der Waals surface area contributed by atoms with Crippen LogP contribution in [0.5, 0.6) is 0 Å². The highest BCUT2D eigenvalue weighted by atomic mass is 16.1. The van der Waals surface area contributed by atoms with Crippen molar-refractivity contribution in [3.05, 3.63) is 58.9 Å². The Balaban J connectivity index is 2.14. The van der Waals surface area contributed by atoms with Gasteiger partial charge in [-0.15, -0.1) is 0 Å². The van der Waals surface area contributed by atoms with Gasteiger partial charge < -0.3 is 5.32 Å². The number of carbonyl (C=O) groups excluding carboxylic acids is 1. The first-order valence-corrected chi connectivity index (χ1v) is 6.46. The Kier molecular flexibility index (Phi) is 2.82. The zero-order chi connectivity index (χ0) is 13.4. The van der Waals surface area contributed by atoms with E-state index in [0.717, 1.165) is 11.3 Å². The van der Waals surface area contributed by atoms with Crippen LogP contribution in [-0.2, 0) is 4.79 Å². The second-order valence-corrected chi connectivity index (χ2v) is 5.11. The molecule has 1 atom stereocenters. The molecule has 0 fully saturated rings. The Morgan fingerprint density at radius 1 is 1.16 bits per heavy atom. The van der Waals surface area contributed by atoms with E-state index < -0.39 is 0 Å². The molecular weight excluding hydrogens is 236 g/mol. The van der Waals surface area contributed by atoms with E-state index in [1.165, 1.54) is 16.7 Å². The van der Waals surface area contributed by atoms with E-state index in [1.807, 2.05) is 12.1 Å². The Hall–Kier alpha value is -2.16. The minimum atomic E-state index is 0.0811. The van der Waals surface area contributed by atoms with Gasteiger partial charge in [0.1, 0.15) is 0 Å².